The van der Waals surface area contributed by atoms with Crippen LogP contribution in [0.3, 0.4) is 0 Å². The van der Waals surface area contributed by atoms with Gasteiger partial charge in [-0.1, -0.05) is 42.5 Å². The van der Waals surface area contributed by atoms with Gasteiger partial charge < -0.3 is 0 Å². The minimum atomic E-state index is 0.927. The van der Waals surface area contributed by atoms with Crippen LogP contribution < -0.4 is 0 Å². The lowest BCUT2D eigenvalue weighted by atomic mass is 10.1. The van der Waals surface area contributed by atoms with E-state index in [1.807, 2.05) is 31.2 Å². The van der Waals surface area contributed by atoms with E-state index in [0.717, 1.165) is 28.0 Å². The number of fused-ring (bicyclic) bond motifs is 1. The summed E-state index contributed by atoms with van der Waals surface area (Å²) < 4.78 is 0. The molecule has 0 amide bonds. The molecule has 0 aliphatic rings. The number of aryl methyl sites for hydroxylation is 2. The summed E-state index contributed by atoms with van der Waals surface area (Å²) in [5.41, 5.74) is 6.30. The molecule has 1 aromatic heterocycles. The lowest BCUT2D eigenvalue weighted by Gasteiger charge is -2.07. The summed E-state index contributed by atoms with van der Waals surface area (Å²) in [5, 5.41) is 1.15. The monoisotopic (exact) mass is 274 g/mol. The van der Waals surface area contributed by atoms with Crippen LogP contribution in [0.4, 0.5) is 5.69 Å². The van der Waals surface area contributed by atoms with E-state index in [0.29, 0.717) is 0 Å². The normalized spacial score (nSPS) is 11.9. The summed E-state index contributed by atoms with van der Waals surface area (Å²) in [5.74, 6) is 0. The molecule has 0 N–H and O–H groups in total. The quantitative estimate of drug-likeness (QED) is 0.604. The molecule has 104 valence electrons. The van der Waals surface area contributed by atoms with Crippen LogP contribution in [0.15, 0.2) is 59.6 Å². The van der Waals surface area contributed by atoms with Gasteiger partial charge in [0.25, 0.3) is 0 Å². The second kappa shape index (κ2) is 5.49. The van der Waals surface area contributed by atoms with Gasteiger partial charge in [0.15, 0.2) is 0 Å². The van der Waals surface area contributed by atoms with Crippen molar-refractivity contribution < 1.29 is 0 Å². The molecule has 0 aliphatic carbocycles. The van der Waals surface area contributed by atoms with Crippen molar-refractivity contribution in [3.63, 3.8) is 0 Å². The summed E-state index contributed by atoms with van der Waals surface area (Å²) in [6, 6.07) is 18.5. The lowest BCUT2D eigenvalue weighted by Crippen LogP contribution is -1.99. The van der Waals surface area contributed by atoms with Crippen molar-refractivity contribution in [1.29, 1.82) is 0 Å². The molecule has 0 bridgehead atoms. The Morgan fingerprint density at radius 3 is 2.33 bits per heavy atom. The lowest BCUT2D eigenvalue weighted by molar-refractivity contribution is 1.29. The molecule has 0 unspecified atom stereocenters. The molecule has 1 heterocycles. The number of benzene rings is 2. The molecule has 0 aliphatic heterocycles. The fourth-order valence-electron chi connectivity index (χ4n) is 2.47. The van der Waals surface area contributed by atoms with Gasteiger partial charge in [-0.05, 0) is 44.0 Å². The van der Waals surface area contributed by atoms with E-state index in [-0.39, 0.29) is 0 Å². The Morgan fingerprint density at radius 2 is 1.57 bits per heavy atom. The molecule has 21 heavy (non-hydrogen) atoms. The van der Waals surface area contributed by atoms with Crippen molar-refractivity contribution in [2.45, 2.75) is 20.8 Å². The van der Waals surface area contributed by atoms with Gasteiger partial charge in [0.05, 0.1) is 22.6 Å². The first-order valence-electron chi connectivity index (χ1n) is 7.13. The van der Waals surface area contributed by atoms with Gasteiger partial charge in [-0.15, -0.1) is 0 Å². The van der Waals surface area contributed by atoms with Gasteiger partial charge >= 0.3 is 0 Å². The molecule has 3 aromatic rings. The Hall–Kier alpha value is -2.48. The van der Waals surface area contributed by atoms with E-state index in [1.54, 1.807) is 0 Å². The number of hydrogen-bond donors (Lipinski definition) is 0. The van der Waals surface area contributed by atoms with E-state index < -0.39 is 0 Å². The van der Waals surface area contributed by atoms with Crippen LogP contribution in [0, 0.1) is 13.8 Å². The van der Waals surface area contributed by atoms with Crippen molar-refractivity contribution in [3.05, 3.63) is 71.4 Å². The maximum Gasteiger partial charge on any atom is 0.0849 e. The number of pyridine rings is 1. The van der Waals surface area contributed by atoms with E-state index >= 15 is 0 Å². The van der Waals surface area contributed by atoms with Crippen LogP contribution in [0.1, 0.15) is 23.7 Å². The Kier molecular flexibility index (Phi) is 3.53. The molecule has 2 heteroatoms. The maximum absolute atomic E-state index is 4.79. The highest BCUT2D eigenvalue weighted by Gasteiger charge is 2.05. The Morgan fingerprint density at radius 1 is 0.857 bits per heavy atom. The molecule has 0 spiro atoms. The minimum absolute atomic E-state index is 0.927. The molecule has 0 radical (unpaired) electrons. The Balaban J connectivity index is 2.07. The van der Waals surface area contributed by atoms with Crippen LogP contribution >= 0.6 is 0 Å². The third-order valence-corrected chi connectivity index (χ3v) is 3.69. The maximum atomic E-state index is 4.79. The van der Waals surface area contributed by atoms with Gasteiger partial charge in [-0.2, -0.15) is 0 Å². The predicted octanol–water partition coefficient (Wildman–Crippen LogP) is 4.99. The SMILES string of the molecule is CC(=Nc1c(C)cccc1C)c1ccc2ccccc2n1. The van der Waals surface area contributed by atoms with E-state index in [9.17, 15) is 0 Å². The van der Waals surface area contributed by atoms with Crippen LogP contribution in [0.2, 0.25) is 0 Å². The molecule has 2 aromatic carbocycles. The fraction of sp³-hybridized carbons (Fsp3) is 0.158. The molecule has 0 saturated heterocycles. The highest BCUT2D eigenvalue weighted by atomic mass is 14.8. The highest BCUT2D eigenvalue weighted by Crippen LogP contribution is 2.24. The summed E-state index contributed by atoms with van der Waals surface area (Å²) in [6.45, 7) is 6.20. The molecular weight excluding hydrogens is 256 g/mol. The number of para-hydroxylation sites is 2. The summed E-state index contributed by atoms with van der Waals surface area (Å²) in [4.78, 5) is 9.49. The first kappa shape index (κ1) is 13.5. The van der Waals surface area contributed by atoms with E-state index in [4.69, 9.17) is 9.98 Å². The molecule has 0 saturated carbocycles. The van der Waals surface area contributed by atoms with Crippen LogP contribution in [-0.4, -0.2) is 10.7 Å². The van der Waals surface area contributed by atoms with Crippen molar-refractivity contribution in [2.75, 3.05) is 0 Å². The third-order valence-electron chi connectivity index (χ3n) is 3.69. The average Bonchev–Trinajstić information content (AvgIpc) is 2.50. The van der Waals surface area contributed by atoms with Gasteiger partial charge in [0.1, 0.15) is 0 Å². The fourth-order valence-corrected chi connectivity index (χ4v) is 2.47. The summed E-state index contributed by atoms with van der Waals surface area (Å²) in [7, 11) is 0. The van der Waals surface area contributed by atoms with Gasteiger partial charge in [0, 0.05) is 5.39 Å². The topological polar surface area (TPSA) is 25.2 Å². The largest absolute Gasteiger partial charge is 0.251 e. The van der Waals surface area contributed by atoms with Crippen LogP contribution in [0.5, 0.6) is 0 Å². The van der Waals surface area contributed by atoms with Crippen LogP contribution in [-0.2, 0) is 0 Å². The second-order valence-corrected chi connectivity index (χ2v) is 5.33. The number of nitrogens with zero attached hydrogens (tertiary/aromatic N) is 2. The van der Waals surface area contributed by atoms with E-state index in [2.05, 4.69) is 44.2 Å². The highest BCUT2D eigenvalue weighted by molar-refractivity contribution is 6.00. The molecule has 0 fully saturated rings. The van der Waals surface area contributed by atoms with Crippen LogP contribution in [0.25, 0.3) is 10.9 Å². The van der Waals surface area contributed by atoms with Crippen molar-refractivity contribution in [3.8, 4) is 0 Å². The number of rotatable bonds is 2. The zero-order valence-corrected chi connectivity index (χ0v) is 12.6. The smallest absolute Gasteiger partial charge is 0.0849 e. The molecular formula is C19H18N2. The van der Waals surface area contributed by atoms with Gasteiger partial charge in [-0.3, -0.25) is 4.99 Å². The number of aromatic nitrogens is 1. The van der Waals surface area contributed by atoms with E-state index in [1.165, 1.54) is 11.1 Å². The predicted molar refractivity (Wildman–Crippen MR) is 89.5 cm³/mol. The van der Waals surface area contributed by atoms with Gasteiger partial charge in [-0.25, -0.2) is 4.98 Å². The summed E-state index contributed by atoms with van der Waals surface area (Å²) in [6.07, 6.45) is 0. The minimum Gasteiger partial charge on any atom is -0.251 e. The molecule has 2 nitrogen and oxygen atoms in total. The summed E-state index contributed by atoms with van der Waals surface area (Å²) >= 11 is 0. The number of aliphatic imine (C=N–C) groups is 1. The van der Waals surface area contributed by atoms with Crippen molar-refractivity contribution >= 4 is 22.3 Å². The first-order valence-corrected chi connectivity index (χ1v) is 7.13. The molecule has 0 atom stereocenters. The second-order valence-electron chi connectivity index (χ2n) is 5.33. The third kappa shape index (κ3) is 2.70. The average molecular weight is 274 g/mol. The zero-order chi connectivity index (χ0) is 14.8. The Labute approximate surface area is 125 Å². The molecule has 3 rings (SSSR count). The Bertz CT molecular complexity index is 812. The van der Waals surface area contributed by atoms with Crippen molar-refractivity contribution in [1.82, 2.24) is 4.98 Å². The van der Waals surface area contributed by atoms with Gasteiger partial charge in [0.2, 0.25) is 0 Å². The first-order chi connectivity index (χ1) is 10.1. The zero-order valence-electron chi connectivity index (χ0n) is 12.6. The number of hydrogen-bond acceptors (Lipinski definition) is 2. The van der Waals surface area contributed by atoms with Crippen molar-refractivity contribution in [2.24, 2.45) is 4.99 Å². The standard InChI is InChI=1S/C19H18N2/c1-13-7-6-8-14(2)19(13)20-15(3)17-12-11-16-9-4-5-10-18(16)21-17/h4-12H,1-3H3.